The van der Waals surface area contributed by atoms with Gasteiger partial charge in [0.2, 0.25) is 5.95 Å². The van der Waals surface area contributed by atoms with E-state index < -0.39 is 5.95 Å². The van der Waals surface area contributed by atoms with Crippen molar-refractivity contribution >= 4 is 11.5 Å². The predicted molar refractivity (Wildman–Crippen MR) is 70.2 cm³/mol. The molecule has 2 heterocycles. The van der Waals surface area contributed by atoms with E-state index in [0.717, 1.165) is 13.0 Å². The van der Waals surface area contributed by atoms with Crippen LogP contribution in [0.2, 0.25) is 0 Å². The number of aromatic nitrogens is 1. The largest absolute Gasteiger partial charge is 0.384 e. The summed E-state index contributed by atoms with van der Waals surface area (Å²) in [7, 11) is 0. The lowest BCUT2D eigenvalue weighted by Crippen LogP contribution is -2.04. The third kappa shape index (κ3) is 2.14. The Labute approximate surface area is 105 Å². The predicted octanol–water partition coefficient (Wildman–Crippen LogP) is 2.80. The van der Waals surface area contributed by atoms with Crippen LogP contribution in [0.1, 0.15) is 11.1 Å². The van der Waals surface area contributed by atoms with Crippen molar-refractivity contribution in [3.63, 3.8) is 0 Å². The molecule has 2 N–H and O–H groups in total. The molecule has 1 aromatic carbocycles. The van der Waals surface area contributed by atoms with E-state index in [4.69, 9.17) is 0 Å². The normalized spacial score (nSPS) is 12.9. The number of halogens is 1. The minimum Gasteiger partial charge on any atom is -0.384 e. The van der Waals surface area contributed by atoms with Gasteiger partial charge in [-0.15, -0.1) is 0 Å². The molecule has 0 spiro atoms. The number of hydrogen-bond donors (Lipinski definition) is 2. The van der Waals surface area contributed by atoms with Crippen LogP contribution in [0, 0.1) is 5.95 Å². The van der Waals surface area contributed by atoms with E-state index in [1.807, 2.05) is 0 Å². The van der Waals surface area contributed by atoms with Crippen molar-refractivity contribution in [2.45, 2.75) is 13.0 Å². The third-order valence-corrected chi connectivity index (χ3v) is 3.11. The maximum Gasteiger partial charge on any atom is 0.214 e. The first kappa shape index (κ1) is 11.0. The summed E-state index contributed by atoms with van der Waals surface area (Å²) in [5, 5.41) is 6.52. The standard InChI is InChI=1S/C14H14FN3/c15-12-5-2-6-13(18-12)17-9-11-4-1-3-10-7-8-16-14(10)11/h1-6,16H,7-9H2,(H,17,18). The third-order valence-electron chi connectivity index (χ3n) is 3.11. The van der Waals surface area contributed by atoms with Gasteiger partial charge in [-0.05, 0) is 29.7 Å². The number of rotatable bonds is 3. The number of fused-ring (bicyclic) bond motifs is 1. The average molecular weight is 243 g/mol. The zero-order chi connectivity index (χ0) is 12.4. The molecule has 0 aliphatic carbocycles. The molecule has 0 atom stereocenters. The van der Waals surface area contributed by atoms with E-state index in [1.54, 1.807) is 12.1 Å². The minimum absolute atomic E-state index is 0.462. The molecular weight excluding hydrogens is 229 g/mol. The van der Waals surface area contributed by atoms with E-state index in [-0.39, 0.29) is 0 Å². The lowest BCUT2D eigenvalue weighted by Gasteiger charge is -2.10. The van der Waals surface area contributed by atoms with Crippen LogP contribution in [0.5, 0.6) is 0 Å². The molecule has 0 radical (unpaired) electrons. The van der Waals surface area contributed by atoms with E-state index in [9.17, 15) is 4.39 Å². The Hall–Kier alpha value is -2.10. The average Bonchev–Trinajstić information content (AvgIpc) is 2.85. The highest BCUT2D eigenvalue weighted by molar-refractivity contribution is 5.61. The van der Waals surface area contributed by atoms with Crippen molar-refractivity contribution in [2.24, 2.45) is 0 Å². The monoisotopic (exact) mass is 243 g/mol. The quantitative estimate of drug-likeness (QED) is 0.814. The first-order chi connectivity index (χ1) is 8.83. The van der Waals surface area contributed by atoms with Gasteiger partial charge in [-0.25, -0.2) is 4.98 Å². The van der Waals surface area contributed by atoms with Crippen molar-refractivity contribution in [3.8, 4) is 0 Å². The molecule has 92 valence electrons. The molecule has 3 nitrogen and oxygen atoms in total. The fourth-order valence-electron chi connectivity index (χ4n) is 2.25. The molecule has 3 rings (SSSR count). The van der Waals surface area contributed by atoms with Crippen LogP contribution in [0.15, 0.2) is 36.4 Å². The molecule has 1 aliphatic rings. The first-order valence-corrected chi connectivity index (χ1v) is 6.04. The zero-order valence-electron chi connectivity index (χ0n) is 9.91. The highest BCUT2D eigenvalue weighted by Gasteiger charge is 2.13. The van der Waals surface area contributed by atoms with E-state index >= 15 is 0 Å². The summed E-state index contributed by atoms with van der Waals surface area (Å²) in [6.45, 7) is 1.64. The van der Waals surface area contributed by atoms with Gasteiger partial charge in [-0.3, -0.25) is 0 Å². The fraction of sp³-hybridized carbons (Fsp3) is 0.214. The molecule has 18 heavy (non-hydrogen) atoms. The van der Waals surface area contributed by atoms with Crippen LogP contribution in [0.4, 0.5) is 15.9 Å². The number of anilines is 2. The van der Waals surface area contributed by atoms with E-state index in [1.165, 1.54) is 22.9 Å². The summed E-state index contributed by atoms with van der Waals surface area (Å²) in [5.74, 6) is 0.0991. The lowest BCUT2D eigenvalue weighted by atomic mass is 10.1. The Morgan fingerprint density at radius 2 is 2.11 bits per heavy atom. The Morgan fingerprint density at radius 1 is 1.22 bits per heavy atom. The zero-order valence-corrected chi connectivity index (χ0v) is 9.91. The summed E-state index contributed by atoms with van der Waals surface area (Å²) in [4.78, 5) is 3.78. The molecule has 0 bridgehead atoms. The number of benzene rings is 1. The van der Waals surface area contributed by atoms with Gasteiger partial charge in [0.15, 0.2) is 0 Å². The van der Waals surface area contributed by atoms with Gasteiger partial charge in [0, 0.05) is 18.8 Å². The maximum absolute atomic E-state index is 12.9. The van der Waals surface area contributed by atoms with Crippen LogP contribution in [-0.4, -0.2) is 11.5 Å². The van der Waals surface area contributed by atoms with Gasteiger partial charge in [0.05, 0.1) is 0 Å². The molecule has 0 saturated carbocycles. The summed E-state index contributed by atoms with van der Waals surface area (Å²) in [6.07, 6.45) is 1.07. The van der Waals surface area contributed by atoms with Crippen molar-refractivity contribution in [1.29, 1.82) is 0 Å². The van der Waals surface area contributed by atoms with Crippen molar-refractivity contribution < 1.29 is 4.39 Å². The molecule has 1 aliphatic heterocycles. The smallest absolute Gasteiger partial charge is 0.214 e. The van der Waals surface area contributed by atoms with Crippen molar-refractivity contribution in [2.75, 3.05) is 17.2 Å². The summed E-state index contributed by atoms with van der Waals surface area (Å²) in [6, 6.07) is 11.0. The number of nitrogens with one attached hydrogen (secondary N) is 2. The number of nitrogens with zero attached hydrogens (tertiary/aromatic N) is 1. The second-order valence-electron chi connectivity index (χ2n) is 4.33. The van der Waals surface area contributed by atoms with Crippen LogP contribution < -0.4 is 10.6 Å². The minimum atomic E-state index is -0.462. The Kier molecular flexibility index (Phi) is 2.84. The summed E-state index contributed by atoms with van der Waals surface area (Å²) < 4.78 is 12.9. The van der Waals surface area contributed by atoms with Crippen LogP contribution in [0.25, 0.3) is 0 Å². The number of hydrogen-bond acceptors (Lipinski definition) is 3. The number of para-hydroxylation sites is 1. The summed E-state index contributed by atoms with van der Waals surface area (Å²) >= 11 is 0. The topological polar surface area (TPSA) is 37.0 Å². The summed E-state index contributed by atoms with van der Waals surface area (Å²) in [5.41, 5.74) is 3.75. The molecule has 0 saturated heterocycles. The lowest BCUT2D eigenvalue weighted by molar-refractivity contribution is 0.585. The van der Waals surface area contributed by atoms with Crippen molar-refractivity contribution in [1.82, 2.24) is 4.98 Å². The highest BCUT2D eigenvalue weighted by atomic mass is 19.1. The number of pyridine rings is 1. The van der Waals surface area contributed by atoms with Crippen LogP contribution in [0.3, 0.4) is 0 Å². The fourth-order valence-corrected chi connectivity index (χ4v) is 2.25. The van der Waals surface area contributed by atoms with Gasteiger partial charge >= 0.3 is 0 Å². The Bertz CT molecular complexity index is 569. The second-order valence-corrected chi connectivity index (χ2v) is 4.33. The van der Waals surface area contributed by atoms with Gasteiger partial charge in [0.1, 0.15) is 5.82 Å². The molecule has 0 unspecified atom stereocenters. The van der Waals surface area contributed by atoms with Gasteiger partial charge < -0.3 is 10.6 Å². The van der Waals surface area contributed by atoms with Crippen LogP contribution in [-0.2, 0) is 13.0 Å². The van der Waals surface area contributed by atoms with Gasteiger partial charge in [0.25, 0.3) is 0 Å². The van der Waals surface area contributed by atoms with Crippen molar-refractivity contribution in [3.05, 3.63) is 53.5 Å². The maximum atomic E-state index is 12.9. The van der Waals surface area contributed by atoms with E-state index in [0.29, 0.717) is 12.4 Å². The second kappa shape index (κ2) is 4.64. The molecule has 1 aromatic heterocycles. The van der Waals surface area contributed by atoms with Gasteiger partial charge in [-0.2, -0.15) is 4.39 Å². The SMILES string of the molecule is Fc1cccc(NCc2cccc3c2NCC3)n1. The molecule has 0 fully saturated rings. The van der Waals surface area contributed by atoms with Gasteiger partial charge in [-0.1, -0.05) is 24.3 Å². The first-order valence-electron chi connectivity index (χ1n) is 6.04. The molecule has 0 amide bonds. The Morgan fingerprint density at radius 3 is 3.00 bits per heavy atom. The molecular formula is C14H14FN3. The highest BCUT2D eigenvalue weighted by Crippen LogP contribution is 2.26. The molecule has 4 heteroatoms. The van der Waals surface area contributed by atoms with E-state index in [2.05, 4.69) is 33.8 Å². The molecule has 2 aromatic rings. The Balaban J connectivity index is 1.76. The van der Waals surface area contributed by atoms with Crippen LogP contribution >= 0.6 is 0 Å².